The minimum Gasteiger partial charge on any atom is -0.305 e. The van der Waals surface area contributed by atoms with Gasteiger partial charge in [-0.3, -0.25) is 4.79 Å². The van der Waals surface area contributed by atoms with Crippen molar-refractivity contribution in [1.82, 2.24) is 4.90 Å². The number of hydrogen-bond acceptors (Lipinski definition) is 4. The van der Waals surface area contributed by atoms with Crippen molar-refractivity contribution in [1.29, 1.82) is 5.26 Å². The Hall–Kier alpha value is -2.53. The first kappa shape index (κ1) is 24.7. The van der Waals surface area contributed by atoms with Crippen molar-refractivity contribution in [2.45, 2.75) is 57.4 Å². The first-order chi connectivity index (χ1) is 14.4. The van der Waals surface area contributed by atoms with Gasteiger partial charge in [0.15, 0.2) is 0 Å². The fraction of sp³-hybridized carbons (Fsp3) is 0.417. The highest BCUT2D eigenvalue weighted by Crippen LogP contribution is 2.30. The van der Waals surface area contributed by atoms with Crippen LogP contribution in [-0.2, 0) is 27.7 Å². The maximum atomic E-state index is 13.0. The molecule has 0 heterocycles. The molecule has 0 radical (unpaired) electrons. The van der Waals surface area contributed by atoms with Gasteiger partial charge in [0.2, 0.25) is 0 Å². The molecule has 0 aromatic heterocycles. The van der Waals surface area contributed by atoms with Crippen LogP contribution in [0.2, 0.25) is 0 Å². The molecule has 0 aliphatic rings. The lowest BCUT2D eigenvalue weighted by atomic mass is 9.85. The SMILES string of the molecule is CC(C)c1cc(C#N)cc(C(C)C)c1CC(=O)N=[S@@](N)(=O)c1ccc(CN(C)C)cc1. The van der Waals surface area contributed by atoms with E-state index in [4.69, 9.17) is 5.14 Å². The highest BCUT2D eigenvalue weighted by molar-refractivity contribution is 7.91. The lowest BCUT2D eigenvalue weighted by Crippen LogP contribution is -2.17. The van der Waals surface area contributed by atoms with Crippen molar-refractivity contribution in [3.8, 4) is 6.07 Å². The van der Waals surface area contributed by atoms with Gasteiger partial charge in [0.1, 0.15) is 9.92 Å². The molecule has 0 fully saturated rings. The Balaban J connectivity index is 2.41. The number of benzene rings is 2. The van der Waals surface area contributed by atoms with E-state index in [-0.39, 0.29) is 18.3 Å². The first-order valence-electron chi connectivity index (χ1n) is 10.3. The molecular weight excluding hydrogens is 408 g/mol. The van der Waals surface area contributed by atoms with Crippen LogP contribution in [-0.4, -0.2) is 29.1 Å². The maximum Gasteiger partial charge on any atom is 0.259 e. The van der Waals surface area contributed by atoms with Crippen molar-refractivity contribution in [2.24, 2.45) is 9.50 Å². The number of nitrogens with two attached hydrogens (primary N) is 1. The summed E-state index contributed by atoms with van der Waals surface area (Å²) in [5.41, 5.74) is 4.33. The molecule has 7 heteroatoms. The molecule has 2 aromatic rings. The van der Waals surface area contributed by atoms with Crippen molar-refractivity contribution in [3.63, 3.8) is 0 Å². The highest BCUT2D eigenvalue weighted by Gasteiger charge is 2.19. The van der Waals surface area contributed by atoms with Crippen molar-refractivity contribution in [3.05, 3.63) is 64.2 Å². The largest absolute Gasteiger partial charge is 0.305 e. The molecule has 0 aliphatic heterocycles. The predicted octanol–water partition coefficient (Wildman–Crippen LogP) is 4.34. The maximum absolute atomic E-state index is 13.0. The van der Waals surface area contributed by atoms with E-state index in [9.17, 15) is 14.3 Å². The molecule has 6 nitrogen and oxygen atoms in total. The lowest BCUT2D eigenvalue weighted by Gasteiger charge is -2.19. The van der Waals surface area contributed by atoms with Gasteiger partial charge in [-0.1, -0.05) is 39.8 Å². The van der Waals surface area contributed by atoms with Crippen LogP contribution in [0.15, 0.2) is 45.7 Å². The van der Waals surface area contributed by atoms with Gasteiger partial charge in [-0.2, -0.15) is 5.26 Å². The Morgan fingerprint density at radius 1 is 1.10 bits per heavy atom. The standard InChI is InChI=1S/C24H32N4O2S/c1-16(2)21-11-19(14-25)12-22(17(3)4)23(21)13-24(29)27-31(26,30)20-9-7-18(8-10-20)15-28(5)6/h7-12,16-17H,13,15H2,1-6H3,(H2,26,27,29,30)/t31-/m1/s1. The number of carbonyl (C=O) groups excluding carboxylic acids is 1. The Morgan fingerprint density at radius 2 is 1.61 bits per heavy atom. The third-order valence-corrected chi connectivity index (χ3v) is 6.44. The number of rotatable bonds is 7. The molecule has 2 N–H and O–H groups in total. The van der Waals surface area contributed by atoms with E-state index >= 15 is 0 Å². The fourth-order valence-electron chi connectivity index (χ4n) is 3.56. The zero-order chi connectivity index (χ0) is 23.3. The van der Waals surface area contributed by atoms with Crippen molar-refractivity contribution >= 4 is 15.8 Å². The van der Waals surface area contributed by atoms with Crippen molar-refractivity contribution < 1.29 is 9.00 Å². The minimum atomic E-state index is -3.34. The van der Waals surface area contributed by atoms with Gasteiger partial charge in [-0.25, -0.2) is 9.35 Å². The quantitative estimate of drug-likeness (QED) is 0.692. The summed E-state index contributed by atoms with van der Waals surface area (Å²) in [5.74, 6) is -0.279. The van der Waals surface area contributed by atoms with Crippen LogP contribution in [0.5, 0.6) is 0 Å². The third-order valence-electron chi connectivity index (χ3n) is 5.02. The third kappa shape index (κ3) is 6.47. The van der Waals surface area contributed by atoms with Gasteiger partial charge >= 0.3 is 0 Å². The Labute approximate surface area is 186 Å². The molecule has 0 spiro atoms. The molecule has 31 heavy (non-hydrogen) atoms. The second kappa shape index (κ2) is 10.2. The molecule has 2 rings (SSSR count). The van der Waals surface area contributed by atoms with E-state index in [0.29, 0.717) is 10.5 Å². The second-order valence-corrected chi connectivity index (χ2v) is 10.5. The van der Waals surface area contributed by atoms with Gasteiger partial charge in [0.25, 0.3) is 5.91 Å². The molecular formula is C24H32N4O2S. The summed E-state index contributed by atoms with van der Waals surface area (Å²) in [7, 11) is 0.588. The summed E-state index contributed by atoms with van der Waals surface area (Å²) in [4.78, 5) is 15.2. The monoisotopic (exact) mass is 440 g/mol. The molecule has 0 saturated carbocycles. The molecule has 0 unspecified atom stereocenters. The smallest absolute Gasteiger partial charge is 0.259 e. The van der Waals surface area contributed by atoms with E-state index < -0.39 is 15.8 Å². The summed E-state index contributed by atoms with van der Waals surface area (Å²) in [6, 6.07) is 12.9. The van der Waals surface area contributed by atoms with E-state index in [1.54, 1.807) is 12.1 Å². The van der Waals surface area contributed by atoms with E-state index in [1.165, 1.54) is 0 Å². The van der Waals surface area contributed by atoms with E-state index in [0.717, 1.165) is 28.8 Å². The highest BCUT2D eigenvalue weighted by atomic mass is 32.2. The summed E-state index contributed by atoms with van der Waals surface area (Å²) >= 11 is 0. The Kier molecular flexibility index (Phi) is 8.13. The molecule has 0 aliphatic carbocycles. The lowest BCUT2D eigenvalue weighted by molar-refractivity contribution is -0.117. The normalized spacial score (nSPS) is 13.3. The summed E-state index contributed by atoms with van der Waals surface area (Å²) in [5, 5.41) is 15.3. The summed E-state index contributed by atoms with van der Waals surface area (Å²) in [6.07, 6.45) is -0.000359. The average molecular weight is 441 g/mol. The second-order valence-electron chi connectivity index (χ2n) is 8.67. The first-order valence-corrected chi connectivity index (χ1v) is 11.9. The summed E-state index contributed by atoms with van der Waals surface area (Å²) < 4.78 is 16.9. The van der Waals surface area contributed by atoms with Crippen LogP contribution in [0.25, 0.3) is 0 Å². The Bertz CT molecular complexity index is 1070. The number of hydrogen-bond donors (Lipinski definition) is 1. The Morgan fingerprint density at radius 3 is 2.03 bits per heavy atom. The van der Waals surface area contributed by atoms with Crippen LogP contribution >= 0.6 is 0 Å². The van der Waals surface area contributed by atoms with E-state index in [2.05, 4.69) is 10.4 Å². The minimum absolute atomic E-state index is 0.000359. The number of amides is 1. The molecule has 0 saturated heterocycles. The van der Waals surface area contributed by atoms with Gasteiger partial charge in [-0.05, 0) is 72.5 Å². The van der Waals surface area contributed by atoms with Gasteiger partial charge < -0.3 is 4.90 Å². The molecule has 2 aromatic carbocycles. The topological polar surface area (TPSA) is 99.5 Å². The van der Waals surface area contributed by atoms with Crippen LogP contribution < -0.4 is 5.14 Å². The average Bonchev–Trinajstić information content (AvgIpc) is 2.67. The molecule has 0 bridgehead atoms. The van der Waals surface area contributed by atoms with Crippen molar-refractivity contribution in [2.75, 3.05) is 14.1 Å². The van der Waals surface area contributed by atoms with Gasteiger partial charge in [0.05, 0.1) is 22.9 Å². The molecule has 1 atom stereocenters. The van der Waals surface area contributed by atoms with Crippen LogP contribution in [0, 0.1) is 11.3 Å². The molecule has 1 amide bonds. The zero-order valence-electron chi connectivity index (χ0n) is 19.2. The predicted molar refractivity (Wildman–Crippen MR) is 125 cm³/mol. The molecule has 166 valence electrons. The number of nitriles is 1. The fourth-order valence-corrected chi connectivity index (χ4v) is 4.56. The van der Waals surface area contributed by atoms with Crippen LogP contribution in [0.4, 0.5) is 0 Å². The van der Waals surface area contributed by atoms with Crippen LogP contribution in [0.1, 0.15) is 67.3 Å². The number of carbonyl (C=O) groups is 1. The number of nitrogens with zero attached hydrogens (tertiary/aromatic N) is 3. The zero-order valence-corrected chi connectivity index (χ0v) is 20.0. The summed E-state index contributed by atoms with van der Waals surface area (Å²) in [6.45, 7) is 8.83. The van der Waals surface area contributed by atoms with Gasteiger partial charge in [0, 0.05) is 6.54 Å². The van der Waals surface area contributed by atoms with Gasteiger partial charge in [-0.15, -0.1) is 4.36 Å². The van der Waals surface area contributed by atoms with Crippen LogP contribution in [0.3, 0.4) is 0 Å². The van der Waals surface area contributed by atoms with E-state index in [1.807, 2.05) is 71.0 Å².